The number of para-hydroxylation sites is 2. The number of nitrogens with zero attached hydrogens (tertiary/aromatic N) is 2. The van der Waals surface area contributed by atoms with Crippen LogP contribution in [-0.4, -0.2) is 28.6 Å². The number of carbonyl (C=O) groups excluding carboxylic acids is 1. The molecule has 0 unspecified atom stereocenters. The highest BCUT2D eigenvalue weighted by molar-refractivity contribution is 5.79. The van der Waals surface area contributed by atoms with Crippen LogP contribution in [-0.2, 0) is 24.2 Å². The van der Waals surface area contributed by atoms with E-state index in [1.54, 1.807) is 0 Å². The Morgan fingerprint density at radius 3 is 2.41 bits per heavy atom. The zero-order chi connectivity index (χ0) is 27.0. The molecule has 0 atom stereocenters. The van der Waals surface area contributed by atoms with Gasteiger partial charge in [-0.15, -0.1) is 0 Å². The lowest BCUT2D eigenvalue weighted by molar-refractivity contribution is -0.120. The number of imidazole rings is 1. The Morgan fingerprint density at radius 1 is 0.846 bits per heavy atom. The van der Waals surface area contributed by atoms with Gasteiger partial charge in [0.1, 0.15) is 11.6 Å². The number of fused-ring (bicyclic) bond motifs is 1. The van der Waals surface area contributed by atoms with E-state index in [1.807, 2.05) is 60.7 Å². The van der Waals surface area contributed by atoms with E-state index in [0.29, 0.717) is 26.0 Å². The third-order valence-electron chi connectivity index (χ3n) is 7.17. The molecule has 0 saturated carbocycles. The Morgan fingerprint density at radius 2 is 1.59 bits per heavy atom. The average Bonchev–Trinajstić information content (AvgIpc) is 3.31. The molecular weight excluding hydrogens is 482 g/mol. The van der Waals surface area contributed by atoms with Crippen molar-refractivity contribution in [1.82, 2.24) is 14.9 Å². The lowest BCUT2D eigenvalue weighted by Crippen LogP contribution is -2.28. The molecule has 0 bridgehead atoms. The van der Waals surface area contributed by atoms with Crippen molar-refractivity contribution in [2.24, 2.45) is 0 Å². The number of ether oxygens (including phenoxy) is 1. The van der Waals surface area contributed by atoms with Gasteiger partial charge in [-0.2, -0.15) is 0 Å². The van der Waals surface area contributed by atoms with E-state index in [-0.39, 0.29) is 5.91 Å². The first kappa shape index (κ1) is 26.2. The molecule has 1 amide bonds. The maximum atomic E-state index is 12.7. The minimum Gasteiger partial charge on any atom is -0.493 e. The van der Waals surface area contributed by atoms with E-state index in [2.05, 4.69) is 60.1 Å². The molecule has 5 nitrogen and oxygen atoms in total. The molecule has 0 spiro atoms. The second kappa shape index (κ2) is 12.4. The summed E-state index contributed by atoms with van der Waals surface area (Å²) in [5.41, 5.74) is 7.85. The molecular formula is C34H35N3O2. The van der Waals surface area contributed by atoms with Gasteiger partial charge >= 0.3 is 0 Å². The van der Waals surface area contributed by atoms with Gasteiger partial charge in [-0.05, 0) is 66.3 Å². The fraction of sp³-hybridized carbons (Fsp3) is 0.235. The standard InChI is InChI=1S/C34H35N3O2/c1-25-10-8-15-32(26(25)2)39-23-9-22-37-31-14-7-6-13-30(31)36-33(37)20-21-35-34(38)24-27-16-18-29(19-17-27)28-11-4-3-5-12-28/h3-8,10-19H,9,20-24H2,1-2H3,(H,35,38). The second-order valence-corrected chi connectivity index (χ2v) is 9.91. The second-order valence-electron chi connectivity index (χ2n) is 9.91. The SMILES string of the molecule is Cc1cccc(OCCCn2c(CCNC(=O)Cc3ccc(-c4ccccc4)cc3)nc3ccccc32)c1C. The minimum atomic E-state index is 0.0204. The summed E-state index contributed by atoms with van der Waals surface area (Å²) in [6.45, 7) is 6.19. The summed E-state index contributed by atoms with van der Waals surface area (Å²) in [5.74, 6) is 1.95. The summed E-state index contributed by atoms with van der Waals surface area (Å²) in [6.07, 6.45) is 1.90. The van der Waals surface area contributed by atoms with Gasteiger partial charge in [0.2, 0.25) is 5.91 Å². The third kappa shape index (κ3) is 6.55. The van der Waals surface area contributed by atoms with Crippen molar-refractivity contribution in [1.29, 1.82) is 0 Å². The molecule has 39 heavy (non-hydrogen) atoms. The number of amides is 1. The van der Waals surface area contributed by atoms with Crippen LogP contribution in [0.4, 0.5) is 0 Å². The Bertz CT molecular complexity index is 1540. The van der Waals surface area contributed by atoms with Gasteiger partial charge in [-0.1, -0.05) is 78.9 Å². The van der Waals surface area contributed by atoms with Crippen molar-refractivity contribution in [2.75, 3.05) is 13.2 Å². The van der Waals surface area contributed by atoms with Crippen molar-refractivity contribution >= 4 is 16.9 Å². The van der Waals surface area contributed by atoms with Gasteiger partial charge in [0.05, 0.1) is 24.1 Å². The number of nitrogens with one attached hydrogen (secondary N) is 1. The molecule has 5 heteroatoms. The number of rotatable bonds is 11. The largest absolute Gasteiger partial charge is 0.493 e. The summed E-state index contributed by atoms with van der Waals surface area (Å²) in [7, 11) is 0. The molecule has 0 aliphatic carbocycles. The Balaban J connectivity index is 1.15. The van der Waals surface area contributed by atoms with Gasteiger partial charge in [0.25, 0.3) is 0 Å². The molecule has 1 N–H and O–H groups in total. The molecule has 0 aliphatic heterocycles. The van der Waals surface area contributed by atoms with Crippen molar-refractivity contribution in [2.45, 2.75) is 39.7 Å². The summed E-state index contributed by atoms with van der Waals surface area (Å²) >= 11 is 0. The van der Waals surface area contributed by atoms with Crippen LogP contribution < -0.4 is 10.1 Å². The van der Waals surface area contributed by atoms with Crippen LogP contribution in [0.2, 0.25) is 0 Å². The summed E-state index contributed by atoms with van der Waals surface area (Å²) in [6, 6.07) is 32.8. The van der Waals surface area contributed by atoms with E-state index < -0.39 is 0 Å². The number of aryl methyl sites for hydroxylation is 2. The predicted octanol–water partition coefficient (Wildman–Crippen LogP) is 6.69. The van der Waals surface area contributed by atoms with Crippen LogP contribution in [0.15, 0.2) is 97.1 Å². The highest BCUT2D eigenvalue weighted by Crippen LogP contribution is 2.22. The van der Waals surface area contributed by atoms with Crippen molar-refractivity contribution in [3.8, 4) is 16.9 Å². The Hall–Kier alpha value is -4.38. The number of hydrogen-bond donors (Lipinski definition) is 1. The minimum absolute atomic E-state index is 0.0204. The van der Waals surface area contributed by atoms with Crippen LogP contribution in [0.25, 0.3) is 22.2 Å². The first-order valence-electron chi connectivity index (χ1n) is 13.6. The molecule has 0 saturated heterocycles. The van der Waals surface area contributed by atoms with Crippen LogP contribution in [0.1, 0.15) is 28.9 Å². The van der Waals surface area contributed by atoms with E-state index in [4.69, 9.17) is 9.72 Å². The predicted molar refractivity (Wildman–Crippen MR) is 158 cm³/mol. The lowest BCUT2D eigenvalue weighted by atomic mass is 10.0. The monoisotopic (exact) mass is 517 g/mol. The van der Waals surface area contributed by atoms with Gasteiger partial charge in [-0.3, -0.25) is 4.79 Å². The van der Waals surface area contributed by atoms with E-state index >= 15 is 0 Å². The lowest BCUT2D eigenvalue weighted by Gasteiger charge is -2.13. The van der Waals surface area contributed by atoms with Crippen molar-refractivity contribution in [3.63, 3.8) is 0 Å². The molecule has 1 aromatic heterocycles. The number of aromatic nitrogens is 2. The average molecular weight is 518 g/mol. The zero-order valence-corrected chi connectivity index (χ0v) is 22.7. The third-order valence-corrected chi connectivity index (χ3v) is 7.17. The fourth-order valence-electron chi connectivity index (χ4n) is 4.86. The zero-order valence-electron chi connectivity index (χ0n) is 22.7. The topological polar surface area (TPSA) is 56.1 Å². The van der Waals surface area contributed by atoms with Gasteiger partial charge in [0, 0.05) is 19.5 Å². The summed E-state index contributed by atoms with van der Waals surface area (Å²) in [4.78, 5) is 17.5. The quantitative estimate of drug-likeness (QED) is 0.199. The molecule has 198 valence electrons. The first-order chi connectivity index (χ1) is 19.1. The molecule has 0 radical (unpaired) electrons. The van der Waals surface area contributed by atoms with Crippen LogP contribution in [0, 0.1) is 13.8 Å². The Kier molecular flexibility index (Phi) is 8.37. The normalized spacial score (nSPS) is 11.0. The van der Waals surface area contributed by atoms with Crippen LogP contribution in [0.3, 0.4) is 0 Å². The number of benzene rings is 4. The maximum Gasteiger partial charge on any atom is 0.224 e. The maximum absolute atomic E-state index is 12.7. The van der Waals surface area contributed by atoms with Crippen molar-refractivity contribution < 1.29 is 9.53 Å². The molecule has 0 fully saturated rings. The highest BCUT2D eigenvalue weighted by Gasteiger charge is 2.12. The molecule has 0 aliphatic rings. The van der Waals surface area contributed by atoms with Crippen molar-refractivity contribution in [3.05, 3.63) is 120 Å². The van der Waals surface area contributed by atoms with Gasteiger partial charge in [0.15, 0.2) is 0 Å². The molecule has 1 heterocycles. The molecule has 5 aromatic rings. The van der Waals surface area contributed by atoms with Gasteiger partial charge < -0.3 is 14.6 Å². The molecule has 5 rings (SSSR count). The van der Waals surface area contributed by atoms with Crippen LogP contribution in [0.5, 0.6) is 5.75 Å². The first-order valence-corrected chi connectivity index (χ1v) is 13.6. The summed E-state index contributed by atoms with van der Waals surface area (Å²) < 4.78 is 8.34. The van der Waals surface area contributed by atoms with E-state index in [1.165, 1.54) is 16.7 Å². The molecule has 4 aromatic carbocycles. The Labute approximate surface area is 230 Å². The van der Waals surface area contributed by atoms with Crippen LogP contribution >= 0.6 is 0 Å². The van der Waals surface area contributed by atoms with E-state index in [9.17, 15) is 4.79 Å². The highest BCUT2D eigenvalue weighted by atomic mass is 16.5. The van der Waals surface area contributed by atoms with Gasteiger partial charge in [-0.25, -0.2) is 4.98 Å². The summed E-state index contributed by atoms with van der Waals surface area (Å²) in [5, 5.41) is 3.08. The smallest absolute Gasteiger partial charge is 0.224 e. The number of carbonyl (C=O) groups is 1. The number of hydrogen-bond acceptors (Lipinski definition) is 3. The fourth-order valence-corrected chi connectivity index (χ4v) is 4.86. The van der Waals surface area contributed by atoms with E-state index in [0.717, 1.165) is 46.7 Å².